The number of hydrogen-bond donors (Lipinski definition) is 1. The molecule has 0 fully saturated rings. The van der Waals surface area contributed by atoms with Gasteiger partial charge in [-0.3, -0.25) is 5.01 Å². The molecule has 2 heterocycles. The van der Waals surface area contributed by atoms with Crippen LogP contribution in [0.5, 0.6) is 0 Å². The van der Waals surface area contributed by atoms with Crippen LogP contribution in [0.25, 0.3) is 0 Å². The molecule has 0 amide bonds. The van der Waals surface area contributed by atoms with Gasteiger partial charge in [-0.15, -0.1) is 0 Å². The lowest BCUT2D eigenvalue weighted by atomic mass is 10.1. The van der Waals surface area contributed by atoms with Crippen LogP contribution in [0.3, 0.4) is 0 Å². The Labute approximate surface area is 92.5 Å². The van der Waals surface area contributed by atoms with Gasteiger partial charge in [0.25, 0.3) is 0 Å². The molecule has 0 saturated heterocycles. The van der Waals surface area contributed by atoms with Crippen molar-refractivity contribution in [1.82, 2.24) is 10.2 Å². The molecule has 1 atom stereocenters. The van der Waals surface area contributed by atoms with Gasteiger partial charge in [0.1, 0.15) is 5.76 Å². The zero-order valence-corrected chi connectivity index (χ0v) is 9.17. The third-order valence-electron chi connectivity index (χ3n) is 2.69. The second-order valence-electron chi connectivity index (χ2n) is 3.85. The first-order valence-corrected chi connectivity index (χ1v) is 5.07. The second kappa shape index (κ2) is 3.96. The Morgan fingerprint density at radius 3 is 3.06 bits per heavy atom. The zero-order valence-electron chi connectivity index (χ0n) is 9.17. The summed E-state index contributed by atoms with van der Waals surface area (Å²) in [6.45, 7) is 4.17. The average Bonchev–Trinajstić information content (AvgIpc) is 2.76. The summed E-state index contributed by atoms with van der Waals surface area (Å²) in [6, 6.07) is 0.288. The average molecular weight is 223 g/mol. The molecule has 6 heteroatoms. The van der Waals surface area contributed by atoms with Crippen LogP contribution in [0.15, 0.2) is 9.62 Å². The van der Waals surface area contributed by atoms with E-state index in [4.69, 9.17) is 9.63 Å². The van der Waals surface area contributed by atoms with Crippen LogP contribution in [0.2, 0.25) is 0 Å². The van der Waals surface area contributed by atoms with Crippen molar-refractivity contribution < 1.29 is 14.4 Å². The Morgan fingerprint density at radius 2 is 2.50 bits per heavy atom. The van der Waals surface area contributed by atoms with Crippen molar-refractivity contribution in [2.45, 2.75) is 32.9 Å². The van der Waals surface area contributed by atoms with Gasteiger partial charge in [-0.05, 0) is 13.8 Å². The number of hydrogen-bond acceptors (Lipinski definition) is 5. The molecule has 1 aromatic heterocycles. The number of hydrazone groups is 1. The number of carboxylic acids is 1. The Hall–Kier alpha value is -1.85. The molecule has 1 N–H and O–H groups in total. The van der Waals surface area contributed by atoms with Crippen molar-refractivity contribution in [2.24, 2.45) is 5.10 Å². The standard InChI is InChI=1S/C10H13N3O3/c1-6-3-4-11-13(6)5-8-7(2)16-12-9(8)10(14)15/h4,6H,3,5H2,1-2H3,(H,14,15). The second-order valence-corrected chi connectivity index (χ2v) is 3.85. The largest absolute Gasteiger partial charge is 0.476 e. The lowest BCUT2D eigenvalue weighted by Crippen LogP contribution is -2.24. The summed E-state index contributed by atoms with van der Waals surface area (Å²) in [4.78, 5) is 10.9. The van der Waals surface area contributed by atoms with E-state index in [1.54, 1.807) is 6.92 Å². The number of aryl methyl sites for hydroxylation is 1. The predicted molar refractivity (Wildman–Crippen MR) is 56.3 cm³/mol. The maximum Gasteiger partial charge on any atom is 0.358 e. The summed E-state index contributed by atoms with van der Waals surface area (Å²) in [5, 5.41) is 18.5. The van der Waals surface area contributed by atoms with Crippen molar-refractivity contribution in [3.05, 3.63) is 17.0 Å². The molecule has 2 rings (SSSR count). The Balaban J connectivity index is 2.23. The van der Waals surface area contributed by atoms with Gasteiger partial charge in [0.05, 0.1) is 12.1 Å². The van der Waals surface area contributed by atoms with Crippen molar-refractivity contribution in [3.63, 3.8) is 0 Å². The molecule has 1 aliphatic rings. The number of aromatic carboxylic acids is 1. The van der Waals surface area contributed by atoms with E-state index >= 15 is 0 Å². The molecular weight excluding hydrogens is 210 g/mol. The first-order chi connectivity index (χ1) is 7.59. The van der Waals surface area contributed by atoms with Gasteiger partial charge in [-0.1, -0.05) is 5.16 Å². The molecule has 6 nitrogen and oxygen atoms in total. The summed E-state index contributed by atoms with van der Waals surface area (Å²) >= 11 is 0. The van der Waals surface area contributed by atoms with E-state index in [0.717, 1.165) is 6.42 Å². The molecule has 0 aliphatic carbocycles. The first-order valence-electron chi connectivity index (χ1n) is 5.07. The smallest absolute Gasteiger partial charge is 0.358 e. The topological polar surface area (TPSA) is 78.9 Å². The number of aromatic nitrogens is 1. The minimum absolute atomic E-state index is 0.0215. The van der Waals surface area contributed by atoms with Crippen LogP contribution < -0.4 is 0 Å². The molecule has 1 aromatic rings. The van der Waals surface area contributed by atoms with Crippen LogP contribution in [-0.2, 0) is 6.54 Å². The molecule has 16 heavy (non-hydrogen) atoms. The number of rotatable bonds is 3. The van der Waals surface area contributed by atoms with Gasteiger partial charge >= 0.3 is 5.97 Å². The first kappa shape index (κ1) is 10.7. The molecule has 0 radical (unpaired) electrons. The van der Waals surface area contributed by atoms with Crippen LogP contribution >= 0.6 is 0 Å². The fraction of sp³-hybridized carbons (Fsp3) is 0.500. The van der Waals surface area contributed by atoms with Crippen LogP contribution in [0.1, 0.15) is 35.2 Å². The summed E-state index contributed by atoms with van der Waals surface area (Å²) in [5.41, 5.74) is 0.574. The van der Waals surface area contributed by atoms with Crippen molar-refractivity contribution in [1.29, 1.82) is 0 Å². The van der Waals surface area contributed by atoms with Gasteiger partial charge in [-0.25, -0.2) is 4.79 Å². The summed E-state index contributed by atoms with van der Waals surface area (Å²) < 4.78 is 4.89. The maximum absolute atomic E-state index is 10.9. The molecule has 86 valence electrons. The summed E-state index contributed by atoms with van der Waals surface area (Å²) in [5.74, 6) is -0.533. The molecular formula is C10H13N3O3. The van der Waals surface area contributed by atoms with E-state index in [-0.39, 0.29) is 11.7 Å². The SMILES string of the molecule is Cc1onc(C(=O)O)c1CN1N=CCC1C. The quantitative estimate of drug-likeness (QED) is 0.834. The maximum atomic E-state index is 10.9. The van der Waals surface area contributed by atoms with Crippen molar-refractivity contribution >= 4 is 12.2 Å². The van der Waals surface area contributed by atoms with E-state index in [1.807, 2.05) is 18.1 Å². The predicted octanol–water partition coefficient (Wildman–Crippen LogP) is 1.26. The number of nitrogens with zero attached hydrogens (tertiary/aromatic N) is 3. The molecule has 0 bridgehead atoms. The molecule has 0 spiro atoms. The minimum Gasteiger partial charge on any atom is -0.476 e. The lowest BCUT2D eigenvalue weighted by Gasteiger charge is -2.19. The van der Waals surface area contributed by atoms with E-state index < -0.39 is 5.97 Å². The molecule has 0 saturated carbocycles. The number of carbonyl (C=O) groups is 1. The van der Waals surface area contributed by atoms with E-state index in [0.29, 0.717) is 17.9 Å². The van der Waals surface area contributed by atoms with E-state index in [2.05, 4.69) is 10.3 Å². The van der Waals surface area contributed by atoms with Crippen LogP contribution in [0.4, 0.5) is 0 Å². The fourth-order valence-electron chi connectivity index (χ4n) is 1.64. The van der Waals surface area contributed by atoms with Gasteiger partial charge in [0.2, 0.25) is 0 Å². The summed E-state index contributed by atoms with van der Waals surface area (Å²) in [7, 11) is 0. The molecule has 1 unspecified atom stereocenters. The van der Waals surface area contributed by atoms with Crippen molar-refractivity contribution in [2.75, 3.05) is 0 Å². The van der Waals surface area contributed by atoms with Gasteiger partial charge in [0, 0.05) is 18.7 Å². The summed E-state index contributed by atoms with van der Waals surface area (Å²) in [6.07, 6.45) is 2.71. The van der Waals surface area contributed by atoms with E-state index in [9.17, 15) is 4.79 Å². The highest BCUT2D eigenvalue weighted by molar-refractivity contribution is 5.87. The third kappa shape index (κ3) is 1.78. The highest BCUT2D eigenvalue weighted by Crippen LogP contribution is 2.20. The zero-order chi connectivity index (χ0) is 11.7. The highest BCUT2D eigenvalue weighted by Gasteiger charge is 2.24. The Bertz CT molecular complexity index is 439. The molecule has 0 aromatic carbocycles. The monoisotopic (exact) mass is 223 g/mol. The van der Waals surface area contributed by atoms with Gasteiger partial charge in [-0.2, -0.15) is 5.10 Å². The highest BCUT2D eigenvalue weighted by atomic mass is 16.5. The normalized spacial score (nSPS) is 19.4. The Kier molecular flexibility index (Phi) is 2.64. The molecule has 1 aliphatic heterocycles. The fourth-order valence-corrected chi connectivity index (χ4v) is 1.64. The van der Waals surface area contributed by atoms with Crippen LogP contribution in [0, 0.1) is 6.92 Å². The van der Waals surface area contributed by atoms with Gasteiger partial charge in [0.15, 0.2) is 5.69 Å². The number of carboxylic acid groups (broad SMARTS) is 1. The van der Waals surface area contributed by atoms with Crippen LogP contribution in [-0.4, -0.2) is 33.5 Å². The lowest BCUT2D eigenvalue weighted by molar-refractivity contribution is 0.0683. The third-order valence-corrected chi connectivity index (χ3v) is 2.69. The minimum atomic E-state index is -1.07. The Morgan fingerprint density at radius 1 is 1.75 bits per heavy atom. The van der Waals surface area contributed by atoms with Gasteiger partial charge < -0.3 is 9.63 Å². The van der Waals surface area contributed by atoms with E-state index in [1.165, 1.54) is 0 Å². The van der Waals surface area contributed by atoms with Crippen molar-refractivity contribution in [3.8, 4) is 0 Å².